The third kappa shape index (κ3) is 2.67. The lowest BCUT2D eigenvalue weighted by Crippen LogP contribution is -2.14. The number of carbonyl (C=O) groups excluding carboxylic acids is 1. The van der Waals surface area contributed by atoms with Gasteiger partial charge in [0.15, 0.2) is 11.5 Å². The molecule has 6 nitrogen and oxygen atoms in total. The maximum atomic E-state index is 12.5. The molecule has 0 amide bonds. The average molecular weight is 332 g/mol. The van der Waals surface area contributed by atoms with Gasteiger partial charge in [0.1, 0.15) is 0 Å². The van der Waals surface area contributed by atoms with E-state index in [9.17, 15) is 4.79 Å². The van der Waals surface area contributed by atoms with Gasteiger partial charge < -0.3 is 4.74 Å². The Morgan fingerprint density at radius 1 is 0.960 bits per heavy atom. The van der Waals surface area contributed by atoms with Crippen LogP contribution in [0.25, 0.3) is 28.3 Å². The normalized spacial score (nSPS) is 10.9. The van der Waals surface area contributed by atoms with Crippen LogP contribution in [-0.2, 0) is 4.74 Å². The second kappa shape index (κ2) is 6.24. The molecule has 2 aromatic heterocycles. The van der Waals surface area contributed by atoms with Gasteiger partial charge in [-0.15, -0.1) is 14.8 Å². The van der Waals surface area contributed by atoms with Crippen LogP contribution in [0, 0.1) is 0 Å². The molecule has 2 heterocycles. The number of fused-ring (bicyclic) bond motifs is 1. The van der Waals surface area contributed by atoms with Crippen molar-refractivity contribution in [3.8, 4) is 22.6 Å². The Kier molecular flexibility index (Phi) is 3.78. The first-order chi connectivity index (χ1) is 12.3. The summed E-state index contributed by atoms with van der Waals surface area (Å²) in [6.45, 7) is 2.07. The highest BCUT2D eigenvalue weighted by atomic mass is 16.5. The summed E-state index contributed by atoms with van der Waals surface area (Å²) in [5.74, 6) is 0.501. The van der Waals surface area contributed by atoms with E-state index in [2.05, 4.69) is 10.2 Å². The zero-order chi connectivity index (χ0) is 17.2. The van der Waals surface area contributed by atoms with Crippen LogP contribution in [0.3, 0.4) is 0 Å². The van der Waals surface area contributed by atoms with E-state index in [4.69, 9.17) is 4.74 Å². The van der Waals surface area contributed by atoms with E-state index < -0.39 is 6.09 Å². The first-order valence-electron chi connectivity index (χ1n) is 8.04. The van der Waals surface area contributed by atoms with E-state index >= 15 is 0 Å². The molecule has 0 saturated heterocycles. The van der Waals surface area contributed by atoms with Crippen molar-refractivity contribution in [1.29, 1.82) is 0 Å². The van der Waals surface area contributed by atoms with Crippen molar-refractivity contribution in [3.05, 3.63) is 66.7 Å². The van der Waals surface area contributed by atoms with Gasteiger partial charge in [0.05, 0.1) is 12.3 Å². The zero-order valence-corrected chi connectivity index (χ0v) is 13.7. The van der Waals surface area contributed by atoms with E-state index in [0.29, 0.717) is 11.5 Å². The molecule has 4 aromatic rings. The van der Waals surface area contributed by atoms with Crippen molar-refractivity contribution >= 4 is 11.7 Å². The fraction of sp³-hybridized carbons (Fsp3) is 0.105. The van der Waals surface area contributed by atoms with Crippen molar-refractivity contribution in [1.82, 2.24) is 19.4 Å². The molecule has 0 unspecified atom stereocenters. The molecule has 0 bridgehead atoms. The van der Waals surface area contributed by atoms with Gasteiger partial charge >= 0.3 is 6.09 Å². The summed E-state index contributed by atoms with van der Waals surface area (Å²) in [4.78, 5) is 12.5. The number of carbonyl (C=O) groups is 1. The first-order valence-corrected chi connectivity index (χ1v) is 8.04. The predicted molar refractivity (Wildman–Crippen MR) is 94.3 cm³/mol. The van der Waals surface area contributed by atoms with Crippen molar-refractivity contribution in [2.24, 2.45) is 0 Å². The molecule has 0 aliphatic carbocycles. The lowest BCUT2D eigenvalue weighted by Gasteiger charge is -2.06. The van der Waals surface area contributed by atoms with Crippen LogP contribution >= 0.6 is 0 Å². The molecule has 6 heteroatoms. The number of hydrogen-bond donors (Lipinski definition) is 0. The Morgan fingerprint density at radius 2 is 1.60 bits per heavy atom. The second-order valence-electron chi connectivity index (χ2n) is 5.47. The zero-order valence-electron chi connectivity index (χ0n) is 13.7. The largest absolute Gasteiger partial charge is 0.449 e. The van der Waals surface area contributed by atoms with E-state index in [-0.39, 0.29) is 6.61 Å². The Balaban J connectivity index is 1.90. The molecule has 124 valence electrons. The van der Waals surface area contributed by atoms with Gasteiger partial charge in [-0.05, 0) is 6.92 Å². The molecule has 4 rings (SSSR count). The lowest BCUT2D eigenvalue weighted by molar-refractivity contribution is 0.155. The van der Waals surface area contributed by atoms with Crippen LogP contribution in [0.15, 0.2) is 66.7 Å². The minimum Gasteiger partial charge on any atom is -0.449 e. The van der Waals surface area contributed by atoms with Gasteiger partial charge in [-0.3, -0.25) is 0 Å². The quantitative estimate of drug-likeness (QED) is 0.571. The fourth-order valence-corrected chi connectivity index (χ4v) is 2.72. The molecule has 0 aliphatic rings. The highest BCUT2D eigenvalue weighted by Gasteiger charge is 2.21. The van der Waals surface area contributed by atoms with E-state index in [1.165, 1.54) is 9.20 Å². The number of benzene rings is 2. The summed E-state index contributed by atoms with van der Waals surface area (Å²) in [7, 11) is 0. The van der Waals surface area contributed by atoms with E-state index in [1.54, 1.807) is 6.92 Å². The molecular weight excluding hydrogens is 316 g/mol. The third-order valence-electron chi connectivity index (χ3n) is 3.86. The number of nitrogens with zero attached hydrogens (tertiary/aromatic N) is 4. The highest BCUT2D eigenvalue weighted by Crippen LogP contribution is 2.24. The van der Waals surface area contributed by atoms with Crippen molar-refractivity contribution in [3.63, 3.8) is 0 Å². The summed E-state index contributed by atoms with van der Waals surface area (Å²) in [6.07, 6.45) is -0.469. The molecule has 0 atom stereocenters. The summed E-state index contributed by atoms with van der Waals surface area (Å²) >= 11 is 0. The average Bonchev–Trinajstić information content (AvgIpc) is 3.21. The van der Waals surface area contributed by atoms with Gasteiger partial charge in [-0.2, -0.15) is 0 Å². The van der Waals surface area contributed by atoms with Crippen LogP contribution in [0.1, 0.15) is 6.92 Å². The molecule has 0 spiro atoms. The Morgan fingerprint density at radius 3 is 2.24 bits per heavy atom. The van der Waals surface area contributed by atoms with Crippen LogP contribution in [0.4, 0.5) is 4.79 Å². The van der Waals surface area contributed by atoms with Gasteiger partial charge in [-0.1, -0.05) is 60.7 Å². The minimum absolute atomic E-state index is 0.289. The molecule has 0 fully saturated rings. The van der Waals surface area contributed by atoms with Crippen molar-refractivity contribution in [2.45, 2.75) is 6.92 Å². The first kappa shape index (κ1) is 15.1. The summed E-state index contributed by atoms with van der Waals surface area (Å²) < 4.78 is 8.14. The van der Waals surface area contributed by atoms with Crippen LogP contribution < -0.4 is 0 Å². The molecule has 0 radical (unpaired) electrons. The van der Waals surface area contributed by atoms with E-state index in [0.717, 1.165) is 16.8 Å². The lowest BCUT2D eigenvalue weighted by atomic mass is 10.2. The number of hydrogen-bond acceptors (Lipinski definition) is 4. The summed E-state index contributed by atoms with van der Waals surface area (Å²) in [5, 5.41) is 9.01. The second-order valence-corrected chi connectivity index (χ2v) is 5.47. The smallest absolute Gasteiger partial charge is 0.421 e. The molecule has 2 aromatic carbocycles. The minimum atomic E-state index is -0.469. The van der Waals surface area contributed by atoms with Gasteiger partial charge in [0.25, 0.3) is 0 Å². The van der Waals surface area contributed by atoms with Crippen LogP contribution in [0.5, 0.6) is 0 Å². The Bertz CT molecular complexity index is 1020. The Labute approximate surface area is 144 Å². The Hall–Kier alpha value is -3.41. The number of aromatic nitrogens is 4. The standard InChI is InChI=1S/C19H16N4O2/c1-2-25-19(24)22-17-13-16(14-9-5-3-6-10-14)20-23(17)21-18(22)15-11-7-4-8-12-15/h3-13H,2H2,1H3. The van der Waals surface area contributed by atoms with E-state index in [1.807, 2.05) is 66.7 Å². The molecule has 0 aliphatic heterocycles. The number of rotatable bonds is 3. The third-order valence-corrected chi connectivity index (χ3v) is 3.86. The maximum Gasteiger partial charge on any atom is 0.421 e. The monoisotopic (exact) mass is 332 g/mol. The summed E-state index contributed by atoms with van der Waals surface area (Å²) in [6, 6.07) is 21.1. The fourth-order valence-electron chi connectivity index (χ4n) is 2.72. The van der Waals surface area contributed by atoms with Gasteiger partial charge in [0, 0.05) is 17.2 Å². The summed E-state index contributed by atoms with van der Waals surface area (Å²) in [5.41, 5.74) is 3.10. The van der Waals surface area contributed by atoms with Gasteiger partial charge in [-0.25, -0.2) is 9.36 Å². The molecule has 25 heavy (non-hydrogen) atoms. The van der Waals surface area contributed by atoms with Crippen molar-refractivity contribution < 1.29 is 9.53 Å². The SMILES string of the molecule is CCOC(=O)n1c(-c2ccccc2)nn2nc(-c3ccccc3)cc12. The topological polar surface area (TPSA) is 61.4 Å². The number of ether oxygens (including phenoxy) is 1. The van der Waals surface area contributed by atoms with Crippen LogP contribution in [-0.4, -0.2) is 32.1 Å². The molecule has 0 saturated carbocycles. The van der Waals surface area contributed by atoms with Crippen LogP contribution in [0.2, 0.25) is 0 Å². The molecular formula is C19H16N4O2. The van der Waals surface area contributed by atoms with Crippen molar-refractivity contribution in [2.75, 3.05) is 6.61 Å². The predicted octanol–water partition coefficient (Wildman–Crippen LogP) is 3.87. The highest BCUT2D eigenvalue weighted by molar-refractivity contribution is 5.83. The molecule has 0 N–H and O–H groups in total. The maximum absolute atomic E-state index is 12.5. The van der Waals surface area contributed by atoms with Gasteiger partial charge in [0.2, 0.25) is 0 Å².